The van der Waals surface area contributed by atoms with E-state index in [1.54, 1.807) is 12.1 Å². The van der Waals surface area contributed by atoms with Crippen molar-refractivity contribution in [3.05, 3.63) is 29.6 Å². The lowest BCUT2D eigenvalue weighted by Crippen LogP contribution is -2.40. The van der Waals surface area contributed by atoms with Gasteiger partial charge in [0.15, 0.2) is 0 Å². The number of hydrogen-bond donors (Lipinski definition) is 1. The topological polar surface area (TPSA) is 30.5 Å². The molecule has 2 aliphatic heterocycles. The minimum absolute atomic E-state index is 0.0574. The van der Waals surface area contributed by atoms with Crippen LogP contribution in [0.3, 0.4) is 0 Å². The van der Waals surface area contributed by atoms with Crippen molar-refractivity contribution < 1.29 is 13.9 Å². The Morgan fingerprint density at radius 3 is 2.85 bits per heavy atom. The van der Waals surface area contributed by atoms with Crippen molar-refractivity contribution in [1.82, 2.24) is 5.32 Å². The molecule has 110 valence electrons. The van der Waals surface area contributed by atoms with Crippen LogP contribution in [-0.4, -0.2) is 24.9 Å². The number of hydrogen-bond acceptors (Lipinski definition) is 3. The van der Waals surface area contributed by atoms with Gasteiger partial charge in [0.25, 0.3) is 0 Å². The van der Waals surface area contributed by atoms with E-state index in [0.717, 1.165) is 37.1 Å². The maximum Gasteiger partial charge on any atom is 0.127 e. The largest absolute Gasteiger partial charge is 0.487 e. The summed E-state index contributed by atoms with van der Waals surface area (Å²) < 4.78 is 25.5. The van der Waals surface area contributed by atoms with Crippen molar-refractivity contribution in [2.24, 2.45) is 0 Å². The van der Waals surface area contributed by atoms with Gasteiger partial charge in [-0.25, -0.2) is 4.39 Å². The molecule has 0 saturated carbocycles. The molecule has 2 heterocycles. The van der Waals surface area contributed by atoms with Crippen LogP contribution in [0, 0.1) is 5.82 Å². The first-order valence-corrected chi connectivity index (χ1v) is 7.52. The predicted molar refractivity (Wildman–Crippen MR) is 75.4 cm³/mol. The van der Waals surface area contributed by atoms with Crippen molar-refractivity contribution in [2.45, 2.75) is 57.5 Å². The van der Waals surface area contributed by atoms with Crippen molar-refractivity contribution in [3.63, 3.8) is 0 Å². The number of ether oxygens (including phenoxy) is 2. The summed E-state index contributed by atoms with van der Waals surface area (Å²) in [6.45, 7) is 5.03. The van der Waals surface area contributed by atoms with Gasteiger partial charge < -0.3 is 14.8 Å². The molecule has 1 saturated heterocycles. The SMILES string of the molecule is CCNC1CC(C2CCC(C)O2)Oc2ccc(F)cc21. The second-order valence-electron chi connectivity index (χ2n) is 5.75. The molecule has 0 spiro atoms. The Kier molecular flexibility index (Phi) is 3.94. The van der Waals surface area contributed by atoms with E-state index in [0.29, 0.717) is 6.10 Å². The van der Waals surface area contributed by atoms with Crippen LogP contribution in [0.4, 0.5) is 4.39 Å². The van der Waals surface area contributed by atoms with Gasteiger partial charge in [0.05, 0.1) is 12.2 Å². The van der Waals surface area contributed by atoms with E-state index in [-0.39, 0.29) is 24.1 Å². The summed E-state index contributed by atoms with van der Waals surface area (Å²) in [5, 5.41) is 3.43. The molecule has 0 aliphatic carbocycles. The zero-order valence-electron chi connectivity index (χ0n) is 12.1. The van der Waals surface area contributed by atoms with Gasteiger partial charge in [0.2, 0.25) is 0 Å². The van der Waals surface area contributed by atoms with Crippen molar-refractivity contribution in [1.29, 1.82) is 0 Å². The van der Waals surface area contributed by atoms with Gasteiger partial charge in [-0.3, -0.25) is 0 Å². The molecule has 0 amide bonds. The molecule has 1 N–H and O–H groups in total. The van der Waals surface area contributed by atoms with E-state index in [1.807, 2.05) is 0 Å². The van der Waals surface area contributed by atoms with Gasteiger partial charge >= 0.3 is 0 Å². The van der Waals surface area contributed by atoms with Gasteiger partial charge in [-0.15, -0.1) is 0 Å². The molecule has 0 radical (unpaired) electrons. The maximum atomic E-state index is 13.4. The highest BCUT2D eigenvalue weighted by Crippen LogP contribution is 2.38. The number of rotatable bonds is 3. The van der Waals surface area contributed by atoms with Crippen LogP contribution in [0.5, 0.6) is 5.75 Å². The second kappa shape index (κ2) is 5.70. The van der Waals surface area contributed by atoms with Crippen LogP contribution in [0.15, 0.2) is 18.2 Å². The summed E-state index contributed by atoms with van der Waals surface area (Å²) in [5.41, 5.74) is 0.925. The normalized spacial score (nSPS) is 32.8. The van der Waals surface area contributed by atoms with E-state index in [2.05, 4.69) is 19.2 Å². The highest BCUT2D eigenvalue weighted by atomic mass is 19.1. The van der Waals surface area contributed by atoms with Crippen molar-refractivity contribution in [3.8, 4) is 5.75 Å². The second-order valence-corrected chi connectivity index (χ2v) is 5.75. The summed E-state index contributed by atoms with van der Waals surface area (Å²) in [7, 11) is 0. The monoisotopic (exact) mass is 279 g/mol. The minimum atomic E-state index is -0.209. The summed E-state index contributed by atoms with van der Waals surface area (Å²) in [5.74, 6) is 0.580. The summed E-state index contributed by atoms with van der Waals surface area (Å²) in [4.78, 5) is 0. The molecule has 1 aromatic rings. The minimum Gasteiger partial charge on any atom is -0.487 e. The molecule has 3 nitrogen and oxygen atoms in total. The first-order chi connectivity index (χ1) is 9.67. The van der Waals surface area contributed by atoms with E-state index >= 15 is 0 Å². The Morgan fingerprint density at radius 2 is 2.15 bits per heavy atom. The Bertz CT molecular complexity index is 480. The fourth-order valence-corrected chi connectivity index (χ4v) is 3.24. The number of fused-ring (bicyclic) bond motifs is 1. The molecule has 4 unspecified atom stereocenters. The smallest absolute Gasteiger partial charge is 0.127 e. The molecule has 2 aliphatic rings. The highest BCUT2D eigenvalue weighted by molar-refractivity contribution is 5.38. The number of benzene rings is 1. The van der Waals surface area contributed by atoms with Gasteiger partial charge in [-0.2, -0.15) is 0 Å². The van der Waals surface area contributed by atoms with Crippen LogP contribution in [0.1, 0.15) is 44.7 Å². The standard InChI is InChI=1S/C16H22FNO2/c1-3-18-13-9-16(15-6-4-10(2)19-15)20-14-7-5-11(17)8-12(13)14/h5,7-8,10,13,15-16,18H,3-4,6,9H2,1-2H3. The summed E-state index contributed by atoms with van der Waals surface area (Å²) in [6, 6.07) is 4.92. The third-order valence-corrected chi connectivity index (χ3v) is 4.22. The lowest BCUT2D eigenvalue weighted by molar-refractivity contribution is -0.0299. The van der Waals surface area contributed by atoms with Crippen LogP contribution in [-0.2, 0) is 4.74 Å². The van der Waals surface area contributed by atoms with Gasteiger partial charge in [-0.05, 0) is 44.5 Å². The van der Waals surface area contributed by atoms with Crippen molar-refractivity contribution >= 4 is 0 Å². The van der Waals surface area contributed by atoms with Crippen LogP contribution < -0.4 is 10.1 Å². The van der Waals surface area contributed by atoms with Gasteiger partial charge in [0.1, 0.15) is 17.7 Å². The molecular formula is C16H22FNO2. The Morgan fingerprint density at radius 1 is 1.30 bits per heavy atom. The molecule has 1 fully saturated rings. The molecular weight excluding hydrogens is 257 g/mol. The lowest BCUT2D eigenvalue weighted by atomic mass is 9.93. The Hall–Kier alpha value is -1.13. The third-order valence-electron chi connectivity index (χ3n) is 4.22. The van der Waals surface area contributed by atoms with Gasteiger partial charge in [0, 0.05) is 18.0 Å². The average Bonchev–Trinajstić information content (AvgIpc) is 2.86. The van der Waals surface area contributed by atoms with Gasteiger partial charge in [-0.1, -0.05) is 6.92 Å². The first-order valence-electron chi connectivity index (χ1n) is 7.52. The average molecular weight is 279 g/mol. The van der Waals surface area contributed by atoms with E-state index in [4.69, 9.17) is 9.47 Å². The maximum absolute atomic E-state index is 13.4. The van der Waals surface area contributed by atoms with Crippen LogP contribution in [0.2, 0.25) is 0 Å². The molecule has 0 aromatic heterocycles. The molecule has 4 atom stereocenters. The predicted octanol–water partition coefficient (Wildman–Crippen LogP) is 3.19. The zero-order valence-corrected chi connectivity index (χ0v) is 12.1. The molecule has 1 aromatic carbocycles. The molecule has 0 bridgehead atoms. The fraction of sp³-hybridized carbons (Fsp3) is 0.625. The van der Waals surface area contributed by atoms with E-state index < -0.39 is 0 Å². The lowest BCUT2D eigenvalue weighted by Gasteiger charge is -2.35. The molecule has 3 rings (SSSR count). The Labute approximate surface area is 119 Å². The zero-order chi connectivity index (χ0) is 14.1. The van der Waals surface area contributed by atoms with Crippen LogP contribution in [0.25, 0.3) is 0 Å². The third kappa shape index (κ3) is 2.67. The van der Waals surface area contributed by atoms with E-state index in [1.165, 1.54) is 6.07 Å². The van der Waals surface area contributed by atoms with Crippen molar-refractivity contribution in [2.75, 3.05) is 6.54 Å². The summed E-state index contributed by atoms with van der Waals surface area (Å²) >= 11 is 0. The van der Waals surface area contributed by atoms with Crippen LogP contribution >= 0.6 is 0 Å². The number of halogens is 1. The number of nitrogens with one attached hydrogen (secondary N) is 1. The first kappa shape index (κ1) is 13.8. The fourth-order valence-electron chi connectivity index (χ4n) is 3.24. The summed E-state index contributed by atoms with van der Waals surface area (Å²) in [6.07, 6.45) is 3.50. The van der Waals surface area contributed by atoms with E-state index in [9.17, 15) is 4.39 Å². The highest BCUT2D eigenvalue weighted by Gasteiger charge is 2.37. The Balaban J connectivity index is 1.83. The molecule has 20 heavy (non-hydrogen) atoms. The quantitative estimate of drug-likeness (QED) is 0.921. The molecule has 4 heteroatoms.